The molecule has 0 radical (unpaired) electrons. The summed E-state index contributed by atoms with van der Waals surface area (Å²) in [7, 11) is 1.98. The van der Waals surface area contributed by atoms with Gasteiger partial charge >= 0.3 is 51.4 Å². The minimum Gasteiger partial charge on any atom is -0.514 e. The summed E-state index contributed by atoms with van der Waals surface area (Å²) < 4.78 is 0. The van der Waals surface area contributed by atoms with E-state index in [2.05, 4.69) is 18.5 Å². The minimum absolute atomic E-state index is 0. The van der Waals surface area contributed by atoms with Crippen LogP contribution < -0.4 is 51.4 Å². The first kappa shape index (κ1) is 13.7. The molecule has 0 aliphatic carbocycles. The monoisotopic (exact) mass is 166 g/mol. The molecule has 0 aromatic rings. The molecule has 0 aromatic carbocycles. The fourth-order valence-corrected chi connectivity index (χ4v) is 0.628. The molecule has 1 rings (SSSR count). The van der Waals surface area contributed by atoms with Gasteiger partial charge in [0.1, 0.15) is 0 Å². The summed E-state index contributed by atoms with van der Waals surface area (Å²) in [6.07, 6.45) is 1.82. The van der Waals surface area contributed by atoms with Crippen LogP contribution in [0.4, 0.5) is 0 Å². The van der Waals surface area contributed by atoms with E-state index in [4.69, 9.17) is 0 Å². The number of nitrogens with zero attached hydrogens (tertiary/aromatic N) is 2. The van der Waals surface area contributed by atoms with E-state index in [0.29, 0.717) is 6.04 Å². The Labute approximate surface area is 107 Å². The van der Waals surface area contributed by atoms with E-state index in [9.17, 15) is 0 Å². The molecular weight excluding hydrogens is 151 g/mol. The van der Waals surface area contributed by atoms with Gasteiger partial charge in [-0.3, -0.25) is 0 Å². The molecule has 2 nitrogen and oxygen atoms in total. The fraction of sp³-hybridized carbons (Fsp3) is 0.714. The summed E-state index contributed by atoms with van der Waals surface area (Å²) in [6.45, 7) is 8.11. The summed E-state index contributed by atoms with van der Waals surface area (Å²) in [4.78, 5) is 6.03. The normalized spacial score (nSPS) is 21.2. The van der Waals surface area contributed by atoms with Crippen molar-refractivity contribution in [3.8, 4) is 0 Å². The van der Waals surface area contributed by atoms with Gasteiger partial charge in [0.15, 0.2) is 0 Å². The Morgan fingerprint density at radius 1 is 1.50 bits per heavy atom. The van der Waals surface area contributed by atoms with Crippen LogP contribution in [0.3, 0.4) is 0 Å². The van der Waals surface area contributed by atoms with Gasteiger partial charge in [-0.1, -0.05) is 26.8 Å². The Balaban J connectivity index is 0. The van der Waals surface area contributed by atoms with Gasteiger partial charge in [-0.15, -0.1) is 0 Å². The third-order valence-corrected chi connectivity index (χ3v) is 0.935. The summed E-state index contributed by atoms with van der Waals surface area (Å²) in [5.74, 6) is 0. The molecular formula is C7H15KN2. The van der Waals surface area contributed by atoms with E-state index in [-0.39, 0.29) is 51.4 Å². The molecule has 1 aliphatic heterocycles. The zero-order valence-corrected chi connectivity index (χ0v) is 10.7. The molecule has 1 unspecified atom stereocenters. The molecule has 0 bridgehead atoms. The second-order valence-electron chi connectivity index (χ2n) is 1.82. The van der Waals surface area contributed by atoms with Gasteiger partial charge in [0.2, 0.25) is 0 Å². The fourth-order valence-electron chi connectivity index (χ4n) is 0.628. The van der Waals surface area contributed by atoms with Gasteiger partial charge in [-0.25, -0.2) is 6.54 Å². The Bertz CT molecular complexity index is 83.6. The molecule has 0 aromatic heterocycles. The van der Waals surface area contributed by atoms with Crippen molar-refractivity contribution in [3.05, 3.63) is 6.54 Å². The molecule has 0 fully saturated rings. The number of likely N-dealkylation sites (N-methyl/N-ethyl adjacent to an activating group) is 1. The van der Waals surface area contributed by atoms with Crippen LogP contribution >= 0.6 is 0 Å². The molecule has 1 atom stereocenters. The quantitative estimate of drug-likeness (QED) is 0.317. The first-order chi connectivity index (χ1) is 4.29. The van der Waals surface area contributed by atoms with Crippen molar-refractivity contribution < 1.29 is 51.4 Å². The Kier molecular flexibility index (Phi) is 11.2. The summed E-state index contributed by atoms with van der Waals surface area (Å²) >= 11 is 0. The second-order valence-corrected chi connectivity index (χ2v) is 1.82. The van der Waals surface area contributed by atoms with Gasteiger partial charge in [0.25, 0.3) is 0 Å². The van der Waals surface area contributed by atoms with Crippen LogP contribution in [-0.4, -0.2) is 24.3 Å². The van der Waals surface area contributed by atoms with Crippen LogP contribution in [0.15, 0.2) is 4.99 Å². The van der Waals surface area contributed by atoms with Crippen LogP contribution in [0.2, 0.25) is 0 Å². The van der Waals surface area contributed by atoms with E-state index in [1.807, 2.05) is 32.1 Å². The molecule has 1 aliphatic rings. The van der Waals surface area contributed by atoms with Gasteiger partial charge in [-0.2, -0.15) is 0 Å². The topological polar surface area (TPSA) is 15.6 Å². The molecule has 0 saturated carbocycles. The van der Waals surface area contributed by atoms with Crippen molar-refractivity contribution in [3.63, 3.8) is 0 Å². The predicted molar refractivity (Wildman–Crippen MR) is 41.4 cm³/mol. The van der Waals surface area contributed by atoms with Crippen LogP contribution in [0.5, 0.6) is 0 Å². The van der Waals surface area contributed by atoms with E-state index in [0.717, 1.165) is 0 Å². The first-order valence-electron chi connectivity index (χ1n) is 3.39. The standard InChI is InChI=1S/C5H9N2.C2H6.K/c1-5-3-7(2)4-6-5;1-2;/h3-5H,1-2H3;1-2H3;/q-1;;+1. The first-order valence-corrected chi connectivity index (χ1v) is 3.39. The number of rotatable bonds is 0. The van der Waals surface area contributed by atoms with E-state index >= 15 is 0 Å². The Hall–Kier alpha value is 1.11. The average molecular weight is 166 g/mol. The van der Waals surface area contributed by atoms with Gasteiger partial charge < -0.3 is 9.89 Å². The molecule has 1 heterocycles. The third kappa shape index (κ3) is 5.86. The number of hydrogen-bond donors (Lipinski definition) is 0. The van der Waals surface area contributed by atoms with Crippen LogP contribution in [0.1, 0.15) is 20.8 Å². The molecule has 54 valence electrons. The molecule has 0 spiro atoms. The van der Waals surface area contributed by atoms with Crippen molar-refractivity contribution in [1.82, 2.24) is 4.90 Å². The van der Waals surface area contributed by atoms with Gasteiger partial charge in [0, 0.05) is 0 Å². The molecule has 3 heteroatoms. The van der Waals surface area contributed by atoms with Crippen molar-refractivity contribution >= 4 is 6.34 Å². The van der Waals surface area contributed by atoms with Gasteiger partial charge in [0.05, 0.1) is 6.34 Å². The molecule has 0 amide bonds. The maximum Gasteiger partial charge on any atom is 1.00 e. The van der Waals surface area contributed by atoms with Crippen LogP contribution in [-0.2, 0) is 0 Å². The summed E-state index contributed by atoms with van der Waals surface area (Å²) in [5, 5.41) is 0. The Morgan fingerprint density at radius 3 is 2.10 bits per heavy atom. The minimum atomic E-state index is 0. The van der Waals surface area contributed by atoms with Crippen molar-refractivity contribution in [2.24, 2.45) is 4.99 Å². The number of hydrogen-bond acceptors (Lipinski definition) is 2. The van der Waals surface area contributed by atoms with Crippen molar-refractivity contribution in [2.45, 2.75) is 26.8 Å². The molecule has 10 heavy (non-hydrogen) atoms. The Morgan fingerprint density at radius 2 is 2.00 bits per heavy atom. The zero-order valence-electron chi connectivity index (χ0n) is 7.63. The smallest absolute Gasteiger partial charge is 0.514 e. The molecule has 0 saturated heterocycles. The average Bonchev–Trinajstić information content (AvgIpc) is 2.20. The maximum atomic E-state index is 4.06. The van der Waals surface area contributed by atoms with Gasteiger partial charge in [-0.05, 0) is 7.05 Å². The van der Waals surface area contributed by atoms with Crippen molar-refractivity contribution in [1.29, 1.82) is 0 Å². The predicted octanol–water partition coefficient (Wildman–Crippen LogP) is -1.46. The number of aliphatic imine (C=N–C) groups is 1. The van der Waals surface area contributed by atoms with Crippen LogP contribution in [0.25, 0.3) is 0 Å². The van der Waals surface area contributed by atoms with Crippen molar-refractivity contribution in [2.75, 3.05) is 7.05 Å². The van der Waals surface area contributed by atoms with E-state index in [1.54, 1.807) is 0 Å². The van der Waals surface area contributed by atoms with E-state index < -0.39 is 0 Å². The summed E-state index contributed by atoms with van der Waals surface area (Å²) in [5.41, 5.74) is 0. The largest absolute Gasteiger partial charge is 1.00 e. The zero-order chi connectivity index (χ0) is 7.28. The summed E-state index contributed by atoms with van der Waals surface area (Å²) in [6, 6.07) is 0.394. The third-order valence-electron chi connectivity index (χ3n) is 0.935. The van der Waals surface area contributed by atoms with E-state index in [1.165, 1.54) is 0 Å². The second kappa shape index (κ2) is 8.21. The maximum absolute atomic E-state index is 4.06. The SMILES string of the molecule is CC.CC1[CH-]N(C)C=N1.[K+]. The molecule has 0 N–H and O–H groups in total. The van der Waals surface area contributed by atoms with Crippen LogP contribution in [0, 0.1) is 6.54 Å².